The van der Waals surface area contributed by atoms with Crippen molar-refractivity contribution in [3.8, 4) is 22.6 Å². The Morgan fingerprint density at radius 2 is 0.868 bits per heavy atom. The molecule has 0 aromatic heterocycles. The van der Waals surface area contributed by atoms with E-state index >= 15 is 0 Å². The lowest BCUT2D eigenvalue weighted by atomic mass is 9.99. The lowest BCUT2D eigenvalue weighted by Crippen LogP contribution is -2.13. The Labute approximate surface area is 619 Å². The van der Waals surface area contributed by atoms with Crippen LogP contribution in [0.3, 0.4) is 0 Å². The predicted molar refractivity (Wildman–Crippen MR) is 433 cm³/mol. The van der Waals surface area contributed by atoms with E-state index in [0.717, 1.165) is 103 Å². The molecule has 1 aliphatic carbocycles. The van der Waals surface area contributed by atoms with E-state index in [9.17, 15) is 19.8 Å². The second-order valence-electron chi connectivity index (χ2n) is 26.6. The summed E-state index contributed by atoms with van der Waals surface area (Å²) >= 11 is 0. The first-order chi connectivity index (χ1) is 51.2. The van der Waals surface area contributed by atoms with Crippen molar-refractivity contribution in [1.82, 2.24) is 0 Å². The van der Waals surface area contributed by atoms with Gasteiger partial charge in [0, 0.05) is 68.9 Å². The molecule has 1 amide bonds. The van der Waals surface area contributed by atoms with Crippen LogP contribution in [0.4, 0.5) is 62.6 Å². The highest BCUT2D eigenvalue weighted by Crippen LogP contribution is 2.44. The minimum Gasteiger partial charge on any atom is -0.507 e. The number of amides is 1. The van der Waals surface area contributed by atoms with Gasteiger partial charge < -0.3 is 25.3 Å². The van der Waals surface area contributed by atoms with Gasteiger partial charge in [0.2, 0.25) is 0 Å². The first kappa shape index (κ1) is 71.3. The van der Waals surface area contributed by atoms with Crippen molar-refractivity contribution in [2.24, 2.45) is 20.5 Å². The minimum absolute atomic E-state index is 0. The van der Waals surface area contributed by atoms with Crippen LogP contribution in [-0.4, -0.2) is 29.0 Å². The highest BCUT2D eigenvalue weighted by Gasteiger charge is 2.28. The molecule has 0 spiro atoms. The predicted octanol–water partition coefficient (Wildman–Crippen LogP) is 24.7. The van der Waals surface area contributed by atoms with Crippen molar-refractivity contribution in [3.05, 3.63) is 364 Å². The molecule has 4 N–H and O–H groups in total. The van der Waals surface area contributed by atoms with E-state index in [1.54, 1.807) is 25.2 Å². The van der Waals surface area contributed by atoms with Gasteiger partial charge in [-0.25, -0.2) is 0 Å². The number of fused-ring (bicyclic) bond motifs is 5. The number of rotatable bonds is 20. The maximum atomic E-state index is 13.4. The summed E-state index contributed by atoms with van der Waals surface area (Å²) in [5.74, 6) is -0.443. The van der Waals surface area contributed by atoms with Crippen LogP contribution in [0.5, 0.6) is 11.5 Å². The maximum absolute atomic E-state index is 13.4. The van der Waals surface area contributed by atoms with Gasteiger partial charge in [-0.05, 0) is 242 Å². The average molecular weight is 1390 g/mol. The summed E-state index contributed by atoms with van der Waals surface area (Å²) in [6, 6.07) is 97.9. The molecule has 0 fully saturated rings. The van der Waals surface area contributed by atoms with Crippen LogP contribution in [0.2, 0.25) is 0 Å². The van der Waals surface area contributed by atoms with E-state index in [0.29, 0.717) is 45.0 Å². The van der Waals surface area contributed by atoms with E-state index in [2.05, 4.69) is 233 Å². The summed E-state index contributed by atoms with van der Waals surface area (Å²) in [4.78, 5) is 37.1. The molecule has 0 unspecified atom stereocenters. The molecule has 14 aromatic rings. The largest absolute Gasteiger partial charge is 0.507 e. The molecular weight excluding hydrogens is 1310 g/mol. The number of azo groups is 2. The number of nitrogens with zero attached hydrogens (tertiary/aromatic N) is 6. The molecule has 0 atom stereocenters. The topological polar surface area (TPSA) is 164 Å². The fourth-order valence-corrected chi connectivity index (χ4v) is 13.4. The molecule has 13 nitrogen and oxygen atoms in total. The molecule has 106 heavy (non-hydrogen) atoms. The monoisotopic (exact) mass is 1390 g/mol. The quantitative estimate of drug-likeness (QED) is 0.0433. The van der Waals surface area contributed by atoms with Crippen LogP contribution < -0.4 is 20.6 Å². The second kappa shape index (κ2) is 32.1. The minimum atomic E-state index is -0.323. The number of hydrogen-bond acceptors (Lipinski definition) is 12. The Kier molecular flexibility index (Phi) is 21.6. The number of aryl methyl sites for hydroxylation is 7. The summed E-state index contributed by atoms with van der Waals surface area (Å²) < 4.78 is 0. The summed E-state index contributed by atoms with van der Waals surface area (Å²) in [5, 5.41) is 45.7. The zero-order chi connectivity index (χ0) is 72.5. The number of benzene rings is 14. The van der Waals surface area contributed by atoms with Crippen molar-refractivity contribution >= 4 is 95.8 Å². The van der Waals surface area contributed by atoms with Gasteiger partial charge in [-0.15, -0.1) is 5.11 Å². The van der Waals surface area contributed by atoms with Crippen molar-refractivity contribution in [3.63, 3.8) is 0 Å². The lowest BCUT2D eigenvalue weighted by Gasteiger charge is -2.26. The molecular formula is C93H82N8O5. The van der Waals surface area contributed by atoms with Gasteiger partial charge in [-0.3, -0.25) is 19.9 Å². The van der Waals surface area contributed by atoms with E-state index < -0.39 is 0 Å². The Morgan fingerprint density at radius 1 is 0.415 bits per heavy atom. The van der Waals surface area contributed by atoms with Crippen molar-refractivity contribution < 1.29 is 24.6 Å². The second-order valence-corrected chi connectivity index (χ2v) is 26.6. The molecule has 15 rings (SSSR count). The number of carbonyl (C=O) groups excluding carboxylic acids is 2. The van der Waals surface area contributed by atoms with Crippen molar-refractivity contribution in [1.29, 1.82) is 0 Å². The first-order valence-electron chi connectivity index (χ1n) is 35.1. The summed E-state index contributed by atoms with van der Waals surface area (Å²) in [5.41, 5.74) is 26.6. The van der Waals surface area contributed by atoms with Gasteiger partial charge in [0.1, 0.15) is 23.8 Å². The van der Waals surface area contributed by atoms with Crippen molar-refractivity contribution in [2.45, 2.75) is 67.9 Å². The zero-order valence-electron chi connectivity index (χ0n) is 59.3. The van der Waals surface area contributed by atoms with Gasteiger partial charge in [-0.1, -0.05) is 187 Å². The van der Waals surface area contributed by atoms with Gasteiger partial charge >= 0.3 is 0 Å². The molecule has 14 aromatic carbocycles. The van der Waals surface area contributed by atoms with Crippen LogP contribution in [0.25, 0.3) is 32.7 Å². The third-order valence-electron chi connectivity index (χ3n) is 19.1. The molecule has 0 saturated carbocycles. The van der Waals surface area contributed by atoms with Gasteiger partial charge in [-0.2, -0.15) is 15.3 Å². The average Bonchev–Trinajstić information content (AvgIpc) is 1.57. The zero-order valence-corrected chi connectivity index (χ0v) is 59.3. The number of ketones is 1. The van der Waals surface area contributed by atoms with Crippen LogP contribution in [-0.2, 0) is 30.7 Å². The number of phenolic OH excluding ortho intramolecular Hbond substituents is 2. The van der Waals surface area contributed by atoms with Crippen LogP contribution >= 0.6 is 0 Å². The van der Waals surface area contributed by atoms with Crippen LogP contribution in [0, 0.1) is 34.6 Å². The fraction of sp³-hybridized carbons (Fsp3) is 0.118. The van der Waals surface area contributed by atoms with E-state index in [1.807, 2.05) is 116 Å². The van der Waals surface area contributed by atoms with Gasteiger partial charge in [0.05, 0.1) is 22.6 Å². The number of anilines is 8. The fourth-order valence-electron chi connectivity index (χ4n) is 13.4. The molecule has 0 aliphatic heterocycles. The number of aromatic hydroxyl groups is 2. The summed E-state index contributed by atoms with van der Waals surface area (Å²) in [6.45, 7) is 10.3. The van der Waals surface area contributed by atoms with Gasteiger partial charge in [0.15, 0.2) is 5.78 Å². The van der Waals surface area contributed by atoms with E-state index in [-0.39, 0.29) is 42.8 Å². The Morgan fingerprint density at radius 3 is 1.41 bits per heavy atom. The number of nitrogens with one attached hydrogen (secondary N) is 2. The normalized spacial score (nSPS) is 11.5. The molecule has 0 saturated heterocycles. The molecule has 0 bridgehead atoms. The highest BCUT2D eigenvalue weighted by molar-refractivity contribution is 6.22. The SMILES string of the molecule is C.CN=Nc1ccc2c(c1)C(=O)c1cc(N=Nc3c(O)c(CONc4cccc(Cc5ccc(N(c6ccc(C)cc6)c6ccc(C)cc6)cc5)c4)cc4ccccc34)ccc1-2.Cc1ccc(N(c2ccc(C)cc2)c2ccc(CCc3cccc(NC(=O)c4cc5ccccc5c(C)c4O)c3)cc2)cc1. The Balaban J connectivity index is 0.000000196. The third-order valence-corrected chi connectivity index (χ3v) is 19.1. The number of phenols is 2. The molecule has 0 radical (unpaired) electrons. The number of carbonyl (C=O) groups is 2. The Bertz CT molecular complexity index is 5490. The Hall–Kier alpha value is -13.1. The molecule has 13 heteroatoms. The number of hydrogen-bond donors (Lipinski definition) is 4. The van der Waals surface area contributed by atoms with Crippen LogP contribution in [0.15, 0.2) is 312 Å². The molecule has 0 heterocycles. The smallest absolute Gasteiger partial charge is 0.259 e. The first-order valence-corrected chi connectivity index (χ1v) is 35.1. The van der Waals surface area contributed by atoms with Crippen molar-refractivity contribution in [2.75, 3.05) is 27.6 Å². The summed E-state index contributed by atoms with van der Waals surface area (Å²) in [6.07, 6.45) is 2.45. The third kappa shape index (κ3) is 16.1. The summed E-state index contributed by atoms with van der Waals surface area (Å²) in [7, 11) is 1.59. The van der Waals surface area contributed by atoms with Crippen LogP contribution in [0.1, 0.15) is 89.3 Å². The maximum Gasteiger partial charge on any atom is 0.259 e. The lowest BCUT2D eigenvalue weighted by molar-refractivity contribution is 0.102. The van der Waals surface area contributed by atoms with Gasteiger partial charge in [0.25, 0.3) is 5.91 Å². The molecule has 1 aliphatic rings. The standard InChI is InChI=1S/C52H42N6O3.C40H36N2O2.CH4/c1-33-11-19-42(20-12-33)58(43-21-13-34(2)14-22-43)44-23-15-35(16-24-44)27-36-7-6-9-41(28-36)57-61-32-38-29-37-8-4-5-10-45(37)50(51(38)59)56-55-40-18-26-47-46-25-17-39(54-53-3)30-48(46)52(60)49(47)31-40;1-27-11-19-34(20-12-27)42(35-21-13-28(2)14-22-35)36-23-17-30(18-24-36)15-16-31-7-6-9-33(25-31)41-40(44)38-26-32-8-4-5-10-37(32)29(3)39(38)43;/h4-26,28-31,57,59H,27,32H2,1-3H3;4-14,17-26,43H,15-16H2,1-3H3,(H,41,44);1H4. The van der Waals surface area contributed by atoms with E-state index in [4.69, 9.17) is 4.84 Å². The van der Waals surface area contributed by atoms with E-state index in [1.165, 1.54) is 33.4 Å². The molecule has 524 valence electrons. The highest BCUT2D eigenvalue weighted by atomic mass is 16.6.